The van der Waals surface area contributed by atoms with Crippen molar-refractivity contribution < 1.29 is 4.79 Å². The van der Waals surface area contributed by atoms with Crippen molar-refractivity contribution in [2.75, 3.05) is 44.2 Å². The quantitative estimate of drug-likeness (QED) is 0.598. The van der Waals surface area contributed by atoms with E-state index in [1.807, 2.05) is 33.8 Å². The van der Waals surface area contributed by atoms with Crippen molar-refractivity contribution in [2.45, 2.75) is 32.6 Å². The Morgan fingerprint density at radius 3 is 2.29 bits per heavy atom. The molecule has 2 aliphatic heterocycles. The van der Waals surface area contributed by atoms with E-state index in [4.69, 9.17) is 16.7 Å². The molecule has 2 aromatic carbocycles. The molecule has 0 unspecified atom stereocenters. The molecule has 1 aromatic heterocycles. The topological polar surface area (TPSA) is 53.4 Å². The van der Waals surface area contributed by atoms with E-state index in [1.54, 1.807) is 6.20 Å². The van der Waals surface area contributed by atoms with E-state index in [9.17, 15) is 4.79 Å². The number of rotatable bonds is 4. The third kappa shape index (κ3) is 4.57. The number of benzene rings is 2. The second-order valence-electron chi connectivity index (χ2n) is 9.40. The van der Waals surface area contributed by atoms with Crippen LogP contribution in [0.3, 0.4) is 0 Å². The van der Waals surface area contributed by atoms with Crippen molar-refractivity contribution in [1.82, 2.24) is 20.0 Å². The molecule has 0 aliphatic carbocycles. The molecule has 3 aromatic rings. The number of nitrogens with zero attached hydrogens (tertiary/aromatic N) is 4. The zero-order valence-corrected chi connectivity index (χ0v) is 20.7. The highest BCUT2D eigenvalue weighted by atomic mass is 35.5. The lowest BCUT2D eigenvalue weighted by atomic mass is 9.91. The first-order valence-corrected chi connectivity index (χ1v) is 12.5. The molecule has 2 fully saturated rings. The first kappa shape index (κ1) is 22.9. The summed E-state index contributed by atoms with van der Waals surface area (Å²) in [6, 6.07) is 14.3. The van der Waals surface area contributed by atoms with Crippen LogP contribution in [0, 0.1) is 13.8 Å². The number of piperidine rings is 1. The van der Waals surface area contributed by atoms with E-state index in [0.29, 0.717) is 19.0 Å². The zero-order chi connectivity index (χ0) is 23.7. The second kappa shape index (κ2) is 9.80. The Bertz CT molecular complexity index is 1160. The maximum absolute atomic E-state index is 13.7. The third-order valence-electron chi connectivity index (χ3n) is 7.26. The molecule has 0 radical (unpaired) electrons. The van der Waals surface area contributed by atoms with Gasteiger partial charge in [-0.1, -0.05) is 17.7 Å². The van der Waals surface area contributed by atoms with Gasteiger partial charge in [0.15, 0.2) is 0 Å². The molecule has 0 atom stereocenters. The predicted molar refractivity (Wildman–Crippen MR) is 137 cm³/mol. The minimum atomic E-state index is 0.0966. The summed E-state index contributed by atoms with van der Waals surface area (Å²) < 4.78 is 2.01. The van der Waals surface area contributed by atoms with E-state index < -0.39 is 0 Å². The molecular formula is C27H32ClN5O. The highest BCUT2D eigenvalue weighted by molar-refractivity contribution is 6.30. The highest BCUT2D eigenvalue weighted by Crippen LogP contribution is 2.32. The number of carbonyl (C=O) groups is 1. The van der Waals surface area contributed by atoms with Crippen LogP contribution in [0.15, 0.2) is 48.7 Å². The van der Waals surface area contributed by atoms with E-state index in [1.165, 1.54) is 11.1 Å². The molecule has 0 saturated carbocycles. The van der Waals surface area contributed by atoms with E-state index in [-0.39, 0.29) is 5.91 Å². The van der Waals surface area contributed by atoms with Crippen LogP contribution in [0.5, 0.6) is 0 Å². The van der Waals surface area contributed by atoms with E-state index >= 15 is 0 Å². The molecule has 34 heavy (non-hydrogen) atoms. The van der Waals surface area contributed by atoms with Gasteiger partial charge in [0.2, 0.25) is 0 Å². The van der Waals surface area contributed by atoms with Gasteiger partial charge < -0.3 is 15.1 Å². The van der Waals surface area contributed by atoms with Gasteiger partial charge in [0, 0.05) is 42.8 Å². The van der Waals surface area contributed by atoms with Crippen LogP contribution in [-0.4, -0.2) is 59.9 Å². The number of halogens is 1. The van der Waals surface area contributed by atoms with Crippen LogP contribution in [0.2, 0.25) is 5.02 Å². The normalized spacial score (nSPS) is 17.3. The van der Waals surface area contributed by atoms with Crippen molar-refractivity contribution in [2.24, 2.45) is 0 Å². The summed E-state index contributed by atoms with van der Waals surface area (Å²) in [6.07, 6.45) is 3.82. The second-order valence-corrected chi connectivity index (χ2v) is 9.84. The lowest BCUT2D eigenvalue weighted by molar-refractivity contribution is 0.0744. The van der Waals surface area contributed by atoms with Gasteiger partial charge in [0.05, 0.1) is 23.1 Å². The molecule has 5 rings (SSSR count). The molecule has 1 N–H and O–H groups in total. The Labute approximate surface area is 206 Å². The Balaban J connectivity index is 1.40. The number of hydrogen-bond acceptors (Lipinski definition) is 4. The van der Waals surface area contributed by atoms with Crippen LogP contribution in [0.25, 0.3) is 5.69 Å². The maximum Gasteiger partial charge on any atom is 0.257 e. The molecule has 2 aliphatic rings. The van der Waals surface area contributed by atoms with Crippen molar-refractivity contribution >= 4 is 23.2 Å². The van der Waals surface area contributed by atoms with Crippen molar-refractivity contribution in [1.29, 1.82) is 0 Å². The average Bonchev–Trinajstić information content (AvgIpc) is 3.31. The van der Waals surface area contributed by atoms with Gasteiger partial charge in [-0.2, -0.15) is 5.10 Å². The molecule has 1 amide bonds. The van der Waals surface area contributed by atoms with Gasteiger partial charge in [-0.25, -0.2) is 4.68 Å². The fourth-order valence-electron chi connectivity index (χ4n) is 5.06. The highest BCUT2D eigenvalue weighted by Gasteiger charge is 2.30. The molecule has 0 spiro atoms. The molecule has 6 nitrogen and oxygen atoms in total. The van der Waals surface area contributed by atoms with E-state index in [0.717, 1.165) is 66.7 Å². The van der Waals surface area contributed by atoms with Crippen LogP contribution < -0.4 is 10.2 Å². The lowest BCUT2D eigenvalue weighted by Crippen LogP contribution is -2.49. The fourth-order valence-corrected chi connectivity index (χ4v) is 5.19. The Morgan fingerprint density at radius 2 is 1.62 bits per heavy atom. The third-order valence-corrected chi connectivity index (χ3v) is 7.51. The maximum atomic E-state index is 13.7. The number of piperazine rings is 1. The van der Waals surface area contributed by atoms with Gasteiger partial charge in [-0.05, 0) is 87.3 Å². The minimum Gasteiger partial charge on any atom is -0.368 e. The monoisotopic (exact) mass is 477 g/mol. The van der Waals surface area contributed by atoms with Crippen LogP contribution in [0.4, 0.5) is 5.69 Å². The predicted octanol–water partition coefficient (Wildman–Crippen LogP) is 4.57. The van der Waals surface area contributed by atoms with Crippen molar-refractivity contribution in [3.8, 4) is 5.69 Å². The van der Waals surface area contributed by atoms with Gasteiger partial charge in [0.25, 0.3) is 5.91 Å². The summed E-state index contributed by atoms with van der Waals surface area (Å²) in [7, 11) is 0. The smallest absolute Gasteiger partial charge is 0.257 e. The molecule has 7 heteroatoms. The lowest BCUT2D eigenvalue weighted by Gasteiger charge is -2.36. The molecular weight excluding hydrogens is 446 g/mol. The molecule has 178 valence electrons. The summed E-state index contributed by atoms with van der Waals surface area (Å²) in [5.74, 6) is 0.416. The van der Waals surface area contributed by atoms with E-state index in [2.05, 4.69) is 42.3 Å². The Hall–Kier alpha value is -2.83. The van der Waals surface area contributed by atoms with Gasteiger partial charge in [-0.3, -0.25) is 4.79 Å². The average molecular weight is 478 g/mol. The summed E-state index contributed by atoms with van der Waals surface area (Å²) >= 11 is 6.04. The number of carbonyl (C=O) groups excluding carboxylic acids is 1. The standard InChI is InChI=1S/C27H32ClN5O/c1-19-3-6-24(17-20(19)2)33-26(21-9-11-29-12-10-21)25(18-30-33)27(34)32-15-13-31(14-16-32)23-7-4-22(28)5-8-23/h3-8,17-18,21,29H,9-16H2,1-2H3. The first-order chi connectivity index (χ1) is 16.5. The molecule has 0 bridgehead atoms. The van der Waals surface area contributed by atoms with Crippen molar-refractivity contribution in [3.05, 3.63) is 76.1 Å². The van der Waals surface area contributed by atoms with Crippen molar-refractivity contribution in [3.63, 3.8) is 0 Å². The zero-order valence-electron chi connectivity index (χ0n) is 19.9. The van der Waals surface area contributed by atoms with Crippen LogP contribution in [0.1, 0.15) is 45.9 Å². The number of nitrogens with one attached hydrogen (secondary N) is 1. The van der Waals surface area contributed by atoms with Gasteiger partial charge >= 0.3 is 0 Å². The summed E-state index contributed by atoms with van der Waals surface area (Å²) in [5.41, 5.74) is 6.49. The van der Waals surface area contributed by atoms with Crippen LogP contribution in [-0.2, 0) is 0 Å². The summed E-state index contributed by atoms with van der Waals surface area (Å²) in [4.78, 5) is 18.0. The molecule has 3 heterocycles. The largest absolute Gasteiger partial charge is 0.368 e. The van der Waals surface area contributed by atoms with Gasteiger partial charge in [-0.15, -0.1) is 0 Å². The number of aromatic nitrogens is 2. The number of aryl methyl sites for hydroxylation is 2. The Morgan fingerprint density at radius 1 is 0.941 bits per heavy atom. The number of anilines is 1. The first-order valence-electron chi connectivity index (χ1n) is 12.2. The number of amides is 1. The summed E-state index contributed by atoms with van der Waals surface area (Å²) in [6.45, 7) is 9.19. The van der Waals surface area contributed by atoms with Gasteiger partial charge in [0.1, 0.15) is 0 Å². The Kier molecular flexibility index (Phi) is 6.61. The number of hydrogen-bond donors (Lipinski definition) is 1. The fraction of sp³-hybridized carbons (Fsp3) is 0.407. The minimum absolute atomic E-state index is 0.0966. The SMILES string of the molecule is Cc1ccc(-n2ncc(C(=O)N3CCN(c4ccc(Cl)cc4)CC3)c2C2CCNCC2)cc1C. The van der Waals surface area contributed by atoms with Crippen LogP contribution >= 0.6 is 11.6 Å². The molecule has 2 saturated heterocycles. The summed E-state index contributed by atoms with van der Waals surface area (Å²) in [5, 5.41) is 8.93.